The Kier molecular flexibility index (Phi) is 2.74. The number of hydrogen-bond donors (Lipinski definition) is 0. The Balaban J connectivity index is 1.95. The summed E-state index contributed by atoms with van der Waals surface area (Å²) >= 11 is 0. The molecule has 3 aromatic rings. The molecule has 2 aromatic heterocycles. The average Bonchev–Trinajstić information content (AvgIpc) is 2.93. The van der Waals surface area contributed by atoms with Gasteiger partial charge in [0.05, 0.1) is 5.54 Å². The van der Waals surface area contributed by atoms with Gasteiger partial charge in [-0.1, -0.05) is 12.1 Å². The summed E-state index contributed by atoms with van der Waals surface area (Å²) in [6, 6.07) is 7.52. The van der Waals surface area contributed by atoms with E-state index in [2.05, 4.69) is 10.1 Å². The Hall–Kier alpha value is -2.37. The number of benzene rings is 1. The zero-order valence-corrected chi connectivity index (χ0v) is 11.7. The summed E-state index contributed by atoms with van der Waals surface area (Å²) in [4.78, 5) is 16.6. The first-order valence-corrected chi connectivity index (χ1v) is 6.44. The van der Waals surface area contributed by atoms with Crippen LogP contribution in [0.3, 0.4) is 0 Å². The van der Waals surface area contributed by atoms with Gasteiger partial charge in [-0.05, 0) is 32.9 Å². The lowest BCUT2D eigenvalue weighted by atomic mass is 10.1. The second-order valence-electron chi connectivity index (χ2n) is 5.70. The van der Waals surface area contributed by atoms with Crippen molar-refractivity contribution < 1.29 is 4.42 Å². The highest BCUT2D eigenvalue weighted by Gasteiger charge is 2.19. The van der Waals surface area contributed by atoms with Gasteiger partial charge in [-0.25, -0.2) is 14.5 Å². The number of aromatic nitrogens is 4. The topological polar surface area (TPSA) is 65.8 Å². The first kappa shape index (κ1) is 12.7. The first-order valence-electron chi connectivity index (χ1n) is 6.44. The lowest BCUT2D eigenvalue weighted by Gasteiger charge is -2.16. The number of nitrogens with zero attached hydrogens (tertiary/aromatic N) is 4. The minimum atomic E-state index is -0.344. The fourth-order valence-corrected chi connectivity index (χ4v) is 2.04. The lowest BCUT2D eigenvalue weighted by Crippen LogP contribution is -2.35. The number of fused-ring (bicyclic) bond motifs is 1. The minimum Gasteiger partial charge on any atom is -0.439 e. The van der Waals surface area contributed by atoms with Crippen LogP contribution in [-0.2, 0) is 12.1 Å². The van der Waals surface area contributed by atoms with Gasteiger partial charge >= 0.3 is 5.69 Å². The van der Waals surface area contributed by atoms with Crippen LogP contribution >= 0.6 is 0 Å². The number of hydrogen-bond acceptors (Lipinski definition) is 4. The third-order valence-corrected chi connectivity index (χ3v) is 3.01. The van der Waals surface area contributed by atoms with Gasteiger partial charge in [0.15, 0.2) is 5.58 Å². The molecule has 1 aromatic carbocycles. The maximum atomic E-state index is 12.2. The van der Waals surface area contributed by atoms with E-state index in [0.717, 1.165) is 11.1 Å². The standard InChI is InChI=1S/C14H16N4O2/c1-14(2,3)18-13(19)17(9-15-18)8-12-16-10-6-4-5-7-11(10)20-12/h4-7,9H,8H2,1-3H3. The molecule has 0 unspecified atom stereocenters. The van der Waals surface area contributed by atoms with Crippen molar-refractivity contribution in [3.05, 3.63) is 47.0 Å². The van der Waals surface area contributed by atoms with Crippen LogP contribution in [-0.4, -0.2) is 19.3 Å². The molecule has 2 heterocycles. The van der Waals surface area contributed by atoms with Crippen molar-refractivity contribution in [3.63, 3.8) is 0 Å². The van der Waals surface area contributed by atoms with Gasteiger partial charge in [-0.15, -0.1) is 0 Å². The van der Waals surface area contributed by atoms with Gasteiger partial charge in [-0.2, -0.15) is 5.10 Å². The van der Waals surface area contributed by atoms with E-state index in [4.69, 9.17) is 4.42 Å². The van der Waals surface area contributed by atoms with Crippen LogP contribution in [0.4, 0.5) is 0 Å². The highest BCUT2D eigenvalue weighted by Crippen LogP contribution is 2.15. The van der Waals surface area contributed by atoms with Crippen LogP contribution in [0.25, 0.3) is 11.1 Å². The zero-order valence-electron chi connectivity index (χ0n) is 11.7. The number of rotatable bonds is 2. The normalized spacial score (nSPS) is 12.2. The fraction of sp³-hybridized carbons (Fsp3) is 0.357. The van der Waals surface area contributed by atoms with Crippen molar-refractivity contribution >= 4 is 11.1 Å². The van der Waals surface area contributed by atoms with E-state index < -0.39 is 0 Å². The Morgan fingerprint density at radius 2 is 2.00 bits per heavy atom. The Morgan fingerprint density at radius 3 is 2.65 bits per heavy atom. The molecule has 3 rings (SSSR count). The Morgan fingerprint density at radius 1 is 1.25 bits per heavy atom. The van der Waals surface area contributed by atoms with Crippen molar-refractivity contribution in [2.75, 3.05) is 0 Å². The van der Waals surface area contributed by atoms with E-state index >= 15 is 0 Å². The van der Waals surface area contributed by atoms with E-state index in [0.29, 0.717) is 5.89 Å². The molecule has 0 amide bonds. The Bertz CT molecular complexity index is 771. The SMILES string of the molecule is CC(C)(C)n1ncn(Cc2nc3ccccc3o2)c1=O. The molecular formula is C14H16N4O2. The van der Waals surface area contributed by atoms with Crippen LogP contribution in [0.5, 0.6) is 0 Å². The van der Waals surface area contributed by atoms with E-state index in [1.807, 2.05) is 45.0 Å². The molecule has 0 radical (unpaired) electrons. The van der Waals surface area contributed by atoms with Gasteiger partial charge in [0, 0.05) is 0 Å². The molecule has 20 heavy (non-hydrogen) atoms. The van der Waals surface area contributed by atoms with Crippen molar-refractivity contribution in [1.82, 2.24) is 19.3 Å². The summed E-state index contributed by atoms with van der Waals surface area (Å²) in [6.45, 7) is 6.09. The van der Waals surface area contributed by atoms with Crippen molar-refractivity contribution in [2.45, 2.75) is 32.9 Å². The summed E-state index contributed by atoms with van der Waals surface area (Å²) in [6.07, 6.45) is 1.52. The van der Waals surface area contributed by atoms with Gasteiger partial charge in [0.2, 0.25) is 5.89 Å². The fourth-order valence-electron chi connectivity index (χ4n) is 2.04. The average molecular weight is 272 g/mol. The summed E-state index contributed by atoms with van der Waals surface area (Å²) in [7, 11) is 0. The van der Waals surface area contributed by atoms with Crippen LogP contribution in [0, 0.1) is 0 Å². The van der Waals surface area contributed by atoms with Crippen LogP contribution in [0.2, 0.25) is 0 Å². The van der Waals surface area contributed by atoms with E-state index in [1.165, 1.54) is 15.6 Å². The molecule has 0 spiro atoms. The summed E-state index contributed by atoms with van der Waals surface area (Å²) < 4.78 is 8.56. The Labute approximate surface area is 115 Å². The van der Waals surface area contributed by atoms with Gasteiger partial charge in [-0.3, -0.25) is 4.57 Å². The second-order valence-corrected chi connectivity index (χ2v) is 5.70. The molecule has 0 N–H and O–H groups in total. The highest BCUT2D eigenvalue weighted by atomic mass is 16.3. The summed E-state index contributed by atoms with van der Waals surface area (Å²) in [5.41, 5.74) is 1.00. The largest absolute Gasteiger partial charge is 0.439 e. The number of para-hydroxylation sites is 2. The predicted octanol–water partition coefficient (Wildman–Crippen LogP) is 1.99. The lowest BCUT2D eigenvalue weighted by molar-refractivity contribution is 0.340. The molecule has 0 saturated carbocycles. The maximum Gasteiger partial charge on any atom is 0.346 e. The molecule has 0 bridgehead atoms. The van der Waals surface area contributed by atoms with Gasteiger partial charge in [0.25, 0.3) is 0 Å². The van der Waals surface area contributed by atoms with Gasteiger partial charge < -0.3 is 4.42 Å². The maximum absolute atomic E-state index is 12.2. The highest BCUT2D eigenvalue weighted by molar-refractivity contribution is 5.72. The smallest absolute Gasteiger partial charge is 0.346 e. The molecule has 0 aliphatic carbocycles. The molecule has 0 atom stereocenters. The third-order valence-electron chi connectivity index (χ3n) is 3.01. The van der Waals surface area contributed by atoms with Crippen molar-refractivity contribution in [3.8, 4) is 0 Å². The third kappa shape index (κ3) is 2.13. The molecule has 0 fully saturated rings. The van der Waals surface area contributed by atoms with E-state index in [-0.39, 0.29) is 17.8 Å². The minimum absolute atomic E-state index is 0.167. The second kappa shape index (κ2) is 4.33. The predicted molar refractivity (Wildman–Crippen MR) is 74.6 cm³/mol. The molecular weight excluding hydrogens is 256 g/mol. The molecule has 6 nitrogen and oxygen atoms in total. The number of oxazole rings is 1. The summed E-state index contributed by atoms with van der Waals surface area (Å²) in [5, 5.41) is 4.13. The van der Waals surface area contributed by atoms with E-state index in [1.54, 1.807) is 0 Å². The monoisotopic (exact) mass is 272 g/mol. The van der Waals surface area contributed by atoms with Crippen molar-refractivity contribution in [1.29, 1.82) is 0 Å². The van der Waals surface area contributed by atoms with E-state index in [9.17, 15) is 4.79 Å². The van der Waals surface area contributed by atoms with Crippen molar-refractivity contribution in [2.24, 2.45) is 0 Å². The molecule has 0 aliphatic rings. The zero-order chi connectivity index (χ0) is 14.3. The molecule has 6 heteroatoms. The van der Waals surface area contributed by atoms with Crippen LogP contribution in [0.1, 0.15) is 26.7 Å². The summed E-state index contributed by atoms with van der Waals surface area (Å²) in [5.74, 6) is 0.502. The van der Waals surface area contributed by atoms with Crippen LogP contribution < -0.4 is 5.69 Å². The molecule has 0 saturated heterocycles. The van der Waals surface area contributed by atoms with Gasteiger partial charge in [0.1, 0.15) is 18.4 Å². The quantitative estimate of drug-likeness (QED) is 0.715. The van der Waals surface area contributed by atoms with Crippen LogP contribution in [0.15, 0.2) is 39.8 Å². The molecule has 0 aliphatic heterocycles. The first-order chi connectivity index (χ1) is 9.45. The molecule has 104 valence electrons.